The molecule has 0 aliphatic carbocycles. The maximum Gasteiger partial charge on any atom is 0.326 e. The lowest BCUT2D eigenvalue weighted by Crippen LogP contribution is -2.58. The van der Waals surface area contributed by atoms with Crippen molar-refractivity contribution in [2.45, 2.75) is 43.4 Å². The van der Waals surface area contributed by atoms with Crippen molar-refractivity contribution in [2.24, 2.45) is 5.73 Å². The number of phenolic OH excluding ortho intramolecular Hbond substituents is 2. The van der Waals surface area contributed by atoms with Gasteiger partial charge in [-0.3, -0.25) is 14.4 Å². The molecule has 4 rings (SSSR count). The van der Waals surface area contributed by atoms with E-state index in [1.165, 1.54) is 24.3 Å². The monoisotopic (exact) mass is 633 g/mol. The number of rotatable bonds is 14. The average Bonchev–Trinajstić information content (AvgIpc) is 3.43. The minimum Gasteiger partial charge on any atom is -0.508 e. The highest BCUT2D eigenvalue weighted by Gasteiger charge is 2.30. The number of carbonyl (C=O) groups is 4. The molecule has 13 heteroatoms. The predicted octanol–water partition coefficient (Wildman–Crippen LogP) is 1.40. The van der Waals surface area contributed by atoms with Crippen LogP contribution in [0.5, 0.6) is 11.5 Å². The van der Waals surface area contributed by atoms with E-state index in [1.54, 1.807) is 30.5 Å². The molecule has 0 aliphatic heterocycles. The summed E-state index contributed by atoms with van der Waals surface area (Å²) < 4.78 is 0. The summed E-state index contributed by atoms with van der Waals surface area (Å²) >= 11 is 4.20. The van der Waals surface area contributed by atoms with Gasteiger partial charge in [0.2, 0.25) is 17.7 Å². The van der Waals surface area contributed by atoms with E-state index in [-0.39, 0.29) is 36.5 Å². The van der Waals surface area contributed by atoms with Crippen LogP contribution in [0.25, 0.3) is 10.9 Å². The number of hydrogen-bond acceptors (Lipinski definition) is 8. The molecule has 4 atom stereocenters. The number of aliphatic carboxylic acids is 1. The number of carbonyl (C=O) groups excluding carboxylic acids is 3. The number of para-hydroxylation sites is 1. The second kappa shape index (κ2) is 15.1. The second-order valence-electron chi connectivity index (χ2n) is 10.6. The lowest BCUT2D eigenvalue weighted by molar-refractivity contribution is -0.142. The summed E-state index contributed by atoms with van der Waals surface area (Å²) in [6, 6.07) is 14.8. The fourth-order valence-electron chi connectivity index (χ4n) is 4.79. The molecule has 4 unspecified atom stereocenters. The molecule has 12 nitrogen and oxygen atoms in total. The number of phenols is 2. The van der Waals surface area contributed by atoms with Crippen LogP contribution < -0.4 is 21.7 Å². The van der Waals surface area contributed by atoms with E-state index in [9.17, 15) is 34.5 Å². The van der Waals surface area contributed by atoms with Gasteiger partial charge < -0.3 is 42.0 Å². The van der Waals surface area contributed by atoms with Gasteiger partial charge in [0, 0.05) is 35.7 Å². The minimum atomic E-state index is -1.31. The van der Waals surface area contributed by atoms with E-state index in [4.69, 9.17) is 5.73 Å². The van der Waals surface area contributed by atoms with Crippen molar-refractivity contribution in [2.75, 3.05) is 5.75 Å². The zero-order valence-electron chi connectivity index (χ0n) is 24.1. The summed E-state index contributed by atoms with van der Waals surface area (Å²) in [5.74, 6) is -3.39. The van der Waals surface area contributed by atoms with Gasteiger partial charge in [0.25, 0.3) is 0 Å². The van der Waals surface area contributed by atoms with Crippen LogP contribution in [0.3, 0.4) is 0 Å². The van der Waals surface area contributed by atoms with Crippen LogP contribution in [0.1, 0.15) is 16.7 Å². The Kier molecular flexibility index (Phi) is 11.1. The molecule has 1 aromatic heterocycles. The molecule has 3 amide bonds. The molecule has 0 radical (unpaired) electrons. The fourth-order valence-corrected chi connectivity index (χ4v) is 5.05. The second-order valence-corrected chi connectivity index (χ2v) is 11.0. The number of benzene rings is 3. The van der Waals surface area contributed by atoms with Crippen molar-refractivity contribution in [1.82, 2.24) is 20.9 Å². The Labute approximate surface area is 264 Å². The van der Waals surface area contributed by atoms with Crippen molar-refractivity contribution in [3.63, 3.8) is 0 Å². The first kappa shape index (κ1) is 32.9. The number of hydrogen-bond donors (Lipinski definition) is 9. The number of aromatic nitrogens is 1. The number of nitrogens with one attached hydrogen (secondary N) is 4. The van der Waals surface area contributed by atoms with Gasteiger partial charge in [0.1, 0.15) is 29.6 Å². The summed E-state index contributed by atoms with van der Waals surface area (Å²) in [4.78, 5) is 55.0. The highest BCUT2D eigenvalue weighted by Crippen LogP contribution is 2.19. The number of thiol groups is 1. The summed E-state index contributed by atoms with van der Waals surface area (Å²) in [7, 11) is 0. The molecule has 4 aromatic rings. The number of nitrogens with two attached hydrogens (primary N) is 1. The van der Waals surface area contributed by atoms with E-state index in [2.05, 4.69) is 33.6 Å². The van der Waals surface area contributed by atoms with Crippen molar-refractivity contribution in [3.05, 3.63) is 95.7 Å². The molecule has 0 fully saturated rings. The van der Waals surface area contributed by atoms with Crippen LogP contribution >= 0.6 is 12.6 Å². The zero-order valence-corrected chi connectivity index (χ0v) is 25.0. The number of carboxylic acid groups (broad SMARTS) is 1. The molecular weight excluding hydrogens is 598 g/mol. The Bertz CT molecular complexity index is 1640. The number of aromatic amines is 1. The topological polar surface area (TPSA) is 207 Å². The van der Waals surface area contributed by atoms with E-state index in [0.29, 0.717) is 16.7 Å². The Balaban J connectivity index is 1.47. The molecule has 0 aliphatic rings. The van der Waals surface area contributed by atoms with Gasteiger partial charge in [-0.15, -0.1) is 0 Å². The number of fused-ring (bicyclic) bond motifs is 1. The maximum atomic E-state index is 13.5. The van der Waals surface area contributed by atoms with Crippen LogP contribution in [0.2, 0.25) is 0 Å². The maximum absolute atomic E-state index is 13.5. The fraction of sp³-hybridized carbons (Fsp3) is 0.250. The molecule has 3 aromatic carbocycles. The molecule has 1 heterocycles. The normalized spacial score (nSPS) is 13.7. The Morgan fingerprint density at radius 3 is 1.84 bits per heavy atom. The molecule has 0 bridgehead atoms. The highest BCUT2D eigenvalue weighted by molar-refractivity contribution is 7.80. The summed E-state index contributed by atoms with van der Waals surface area (Å²) in [6.45, 7) is 0. The Hall–Kier alpha value is -5.01. The zero-order chi connectivity index (χ0) is 32.5. The first-order valence-corrected chi connectivity index (χ1v) is 14.8. The van der Waals surface area contributed by atoms with Crippen molar-refractivity contribution >= 4 is 47.2 Å². The quantitative estimate of drug-likeness (QED) is 0.0926. The standard InChI is InChI=1S/C32H35N5O7S/c33-24(13-18-5-9-21(38)10-6-18)29(40)37-28(17-45)31(42)35-26(14-19-7-11-22(39)12-8-19)30(41)36-27(32(43)44)15-20-16-34-25-4-2-1-3-23(20)25/h1-12,16,24,26-28,34,38-39,45H,13-15,17,33H2,(H,35,42)(H,36,41)(H,37,40)(H,43,44). The molecule has 0 saturated carbocycles. The van der Waals surface area contributed by atoms with Crippen LogP contribution in [0, 0.1) is 0 Å². The van der Waals surface area contributed by atoms with Gasteiger partial charge in [-0.2, -0.15) is 12.6 Å². The third-order valence-corrected chi connectivity index (χ3v) is 7.63. The van der Waals surface area contributed by atoms with Gasteiger partial charge in [-0.25, -0.2) is 4.79 Å². The van der Waals surface area contributed by atoms with Gasteiger partial charge in [-0.1, -0.05) is 42.5 Å². The van der Waals surface area contributed by atoms with E-state index in [0.717, 1.165) is 10.9 Å². The largest absolute Gasteiger partial charge is 0.508 e. The van der Waals surface area contributed by atoms with Crippen LogP contribution in [-0.4, -0.2) is 73.9 Å². The van der Waals surface area contributed by atoms with Gasteiger partial charge >= 0.3 is 5.97 Å². The lowest BCUT2D eigenvalue weighted by atomic mass is 10.0. The molecule has 0 spiro atoms. The van der Waals surface area contributed by atoms with Gasteiger partial charge in [0.15, 0.2) is 0 Å². The smallest absolute Gasteiger partial charge is 0.326 e. The van der Waals surface area contributed by atoms with Crippen LogP contribution in [0.15, 0.2) is 79.0 Å². The predicted molar refractivity (Wildman–Crippen MR) is 171 cm³/mol. The first-order chi connectivity index (χ1) is 21.5. The molecule has 0 saturated heterocycles. The third kappa shape index (κ3) is 9.00. The number of H-pyrrole nitrogens is 1. The third-order valence-electron chi connectivity index (χ3n) is 7.27. The highest BCUT2D eigenvalue weighted by atomic mass is 32.1. The van der Waals surface area contributed by atoms with Crippen molar-refractivity contribution < 1.29 is 34.5 Å². The first-order valence-electron chi connectivity index (χ1n) is 14.1. The number of aromatic hydroxyl groups is 2. The van der Waals surface area contributed by atoms with Crippen LogP contribution in [-0.2, 0) is 38.4 Å². The van der Waals surface area contributed by atoms with Crippen molar-refractivity contribution in [1.29, 1.82) is 0 Å². The molecule has 45 heavy (non-hydrogen) atoms. The lowest BCUT2D eigenvalue weighted by Gasteiger charge is -2.25. The van der Waals surface area contributed by atoms with Gasteiger partial charge in [-0.05, 0) is 53.4 Å². The Morgan fingerprint density at radius 2 is 1.24 bits per heavy atom. The summed E-state index contributed by atoms with van der Waals surface area (Å²) in [5.41, 5.74) is 8.85. The van der Waals surface area contributed by atoms with Crippen LogP contribution in [0.4, 0.5) is 0 Å². The molecule has 236 valence electrons. The molecule has 9 N–H and O–H groups in total. The number of carboxylic acids is 1. The van der Waals surface area contributed by atoms with E-state index in [1.807, 2.05) is 24.3 Å². The Morgan fingerprint density at radius 1 is 0.711 bits per heavy atom. The average molecular weight is 634 g/mol. The van der Waals surface area contributed by atoms with Crippen molar-refractivity contribution in [3.8, 4) is 11.5 Å². The SMILES string of the molecule is NC(Cc1ccc(O)cc1)C(=O)NC(CS)C(=O)NC(Cc1ccc(O)cc1)C(=O)NC(Cc1c[nH]c2ccccc12)C(=O)O. The number of amides is 3. The minimum absolute atomic E-state index is 0.00921. The molecular formula is C32H35N5O7S. The van der Waals surface area contributed by atoms with E-state index >= 15 is 0 Å². The van der Waals surface area contributed by atoms with Gasteiger partial charge in [0.05, 0.1) is 6.04 Å². The van der Waals surface area contributed by atoms with E-state index < -0.39 is 47.9 Å². The summed E-state index contributed by atoms with van der Waals surface area (Å²) in [6.07, 6.45) is 1.78. The summed E-state index contributed by atoms with van der Waals surface area (Å²) in [5, 5.41) is 37.6.